The van der Waals surface area contributed by atoms with E-state index in [4.69, 9.17) is 11.6 Å². The van der Waals surface area contributed by atoms with Gasteiger partial charge in [-0.2, -0.15) is 0 Å². The van der Waals surface area contributed by atoms with Crippen molar-refractivity contribution in [3.63, 3.8) is 0 Å². The van der Waals surface area contributed by atoms with Gasteiger partial charge in [-0.1, -0.05) is 36.2 Å². The normalized spacial score (nSPS) is 12.7. The van der Waals surface area contributed by atoms with Crippen molar-refractivity contribution in [1.29, 1.82) is 0 Å². The Morgan fingerprint density at radius 3 is 2.29 bits per heavy atom. The first-order valence-corrected chi connectivity index (χ1v) is 7.16. The van der Waals surface area contributed by atoms with E-state index in [0.29, 0.717) is 0 Å². The molecule has 0 amide bonds. The minimum Gasteiger partial charge on any atom is -0.143 e. The Morgan fingerprint density at radius 2 is 1.76 bits per heavy atom. The Morgan fingerprint density at radius 1 is 1.12 bits per heavy atom. The topological polar surface area (TPSA) is 0 Å². The highest BCUT2D eigenvalue weighted by atomic mass is 35.5. The highest BCUT2D eigenvalue weighted by Gasteiger charge is 2.13. The quantitative estimate of drug-likeness (QED) is 0.664. The van der Waals surface area contributed by atoms with Crippen molar-refractivity contribution in [3.8, 4) is 0 Å². The molecular formula is C15H17ClS. The van der Waals surface area contributed by atoms with Gasteiger partial charge in [-0.05, 0) is 38.0 Å². The molecule has 0 N–H and O–H groups in total. The number of alkyl halides is 1. The Hall–Kier alpha value is -0.790. The first kappa shape index (κ1) is 12.7. The zero-order valence-corrected chi connectivity index (χ0v) is 12.0. The minimum atomic E-state index is -0.0149. The molecule has 1 unspecified atom stereocenters. The second kappa shape index (κ2) is 5.24. The Bertz CT molecular complexity index is 493. The molecule has 2 aromatic rings. The SMILES string of the molecule is CCc1ccc(C(Cl)c2cc(C)cc(C)c2)s1. The summed E-state index contributed by atoms with van der Waals surface area (Å²) >= 11 is 8.37. The van der Waals surface area contributed by atoms with Gasteiger partial charge >= 0.3 is 0 Å². The van der Waals surface area contributed by atoms with Crippen molar-refractivity contribution >= 4 is 22.9 Å². The molecule has 1 atom stereocenters. The summed E-state index contributed by atoms with van der Waals surface area (Å²) in [7, 11) is 0. The Kier molecular flexibility index (Phi) is 3.90. The molecule has 0 saturated carbocycles. The molecule has 0 radical (unpaired) electrons. The van der Waals surface area contributed by atoms with Gasteiger partial charge in [0, 0.05) is 9.75 Å². The fourth-order valence-electron chi connectivity index (χ4n) is 2.04. The van der Waals surface area contributed by atoms with Crippen molar-refractivity contribution in [1.82, 2.24) is 0 Å². The fraction of sp³-hybridized carbons (Fsp3) is 0.333. The summed E-state index contributed by atoms with van der Waals surface area (Å²) in [5.74, 6) is 0. The van der Waals surface area contributed by atoms with E-state index < -0.39 is 0 Å². The van der Waals surface area contributed by atoms with Crippen molar-refractivity contribution in [3.05, 3.63) is 56.8 Å². The van der Waals surface area contributed by atoms with Crippen LogP contribution in [0.2, 0.25) is 0 Å². The number of aryl methyl sites for hydroxylation is 3. The van der Waals surface area contributed by atoms with E-state index in [9.17, 15) is 0 Å². The predicted octanol–water partition coefficient (Wildman–Crippen LogP) is 5.26. The first-order chi connectivity index (χ1) is 8.10. The van der Waals surface area contributed by atoms with Crippen molar-refractivity contribution in [2.24, 2.45) is 0 Å². The van der Waals surface area contributed by atoms with Crippen molar-refractivity contribution < 1.29 is 0 Å². The number of hydrogen-bond donors (Lipinski definition) is 0. The molecule has 0 fully saturated rings. The molecule has 0 aliphatic rings. The van der Waals surface area contributed by atoms with Crippen LogP contribution in [0, 0.1) is 13.8 Å². The number of halogens is 1. The molecule has 2 rings (SSSR count). The van der Waals surface area contributed by atoms with Gasteiger partial charge in [0.15, 0.2) is 0 Å². The summed E-state index contributed by atoms with van der Waals surface area (Å²) in [6, 6.07) is 10.9. The van der Waals surface area contributed by atoms with Gasteiger partial charge in [0.05, 0.1) is 5.38 Å². The van der Waals surface area contributed by atoms with E-state index in [-0.39, 0.29) is 5.38 Å². The third kappa shape index (κ3) is 2.91. The molecular weight excluding hydrogens is 248 g/mol. The summed E-state index contributed by atoms with van der Waals surface area (Å²) in [5, 5.41) is -0.0149. The number of rotatable bonds is 3. The van der Waals surface area contributed by atoms with Gasteiger partial charge < -0.3 is 0 Å². The van der Waals surface area contributed by atoms with Crippen LogP contribution in [0.3, 0.4) is 0 Å². The molecule has 0 aliphatic carbocycles. The smallest absolute Gasteiger partial charge is 0.0928 e. The second-order valence-electron chi connectivity index (χ2n) is 4.44. The van der Waals surface area contributed by atoms with Gasteiger partial charge in [-0.15, -0.1) is 22.9 Å². The molecule has 0 spiro atoms. The molecule has 1 aromatic heterocycles. The fourth-order valence-corrected chi connectivity index (χ4v) is 3.33. The summed E-state index contributed by atoms with van der Waals surface area (Å²) in [6.45, 7) is 6.41. The van der Waals surface area contributed by atoms with E-state index in [1.807, 2.05) is 11.3 Å². The third-order valence-corrected chi connectivity index (χ3v) is 4.73. The van der Waals surface area contributed by atoms with E-state index in [2.05, 4.69) is 51.1 Å². The molecule has 0 aliphatic heterocycles. The lowest BCUT2D eigenvalue weighted by molar-refractivity contribution is 1.16. The molecule has 2 heteroatoms. The maximum absolute atomic E-state index is 6.56. The third-order valence-electron chi connectivity index (χ3n) is 2.82. The summed E-state index contributed by atoms with van der Waals surface area (Å²) in [5.41, 5.74) is 3.75. The average Bonchev–Trinajstić information content (AvgIpc) is 2.75. The highest BCUT2D eigenvalue weighted by molar-refractivity contribution is 7.12. The van der Waals surface area contributed by atoms with Gasteiger partial charge in [-0.25, -0.2) is 0 Å². The number of benzene rings is 1. The molecule has 0 saturated heterocycles. The lowest BCUT2D eigenvalue weighted by Gasteiger charge is -2.10. The van der Waals surface area contributed by atoms with Gasteiger partial charge in [0.25, 0.3) is 0 Å². The number of hydrogen-bond acceptors (Lipinski definition) is 1. The monoisotopic (exact) mass is 264 g/mol. The first-order valence-electron chi connectivity index (χ1n) is 5.91. The van der Waals surface area contributed by atoms with Crippen LogP contribution in [-0.4, -0.2) is 0 Å². The zero-order chi connectivity index (χ0) is 12.4. The van der Waals surface area contributed by atoms with Crippen LogP contribution in [0.1, 0.15) is 38.7 Å². The average molecular weight is 265 g/mol. The van der Waals surface area contributed by atoms with E-state index in [1.165, 1.54) is 26.4 Å². The Labute approximate surface area is 112 Å². The predicted molar refractivity (Wildman–Crippen MR) is 77.3 cm³/mol. The molecule has 0 nitrogen and oxygen atoms in total. The van der Waals surface area contributed by atoms with Gasteiger partial charge in [0.1, 0.15) is 0 Å². The van der Waals surface area contributed by atoms with Crippen molar-refractivity contribution in [2.75, 3.05) is 0 Å². The lowest BCUT2D eigenvalue weighted by atomic mass is 10.0. The molecule has 1 heterocycles. The van der Waals surface area contributed by atoms with Crippen LogP contribution in [0.5, 0.6) is 0 Å². The molecule has 90 valence electrons. The van der Waals surface area contributed by atoms with Crippen LogP contribution in [0.4, 0.5) is 0 Å². The molecule has 0 bridgehead atoms. The molecule has 17 heavy (non-hydrogen) atoms. The van der Waals surface area contributed by atoms with Crippen molar-refractivity contribution in [2.45, 2.75) is 32.6 Å². The van der Waals surface area contributed by atoms with Gasteiger partial charge in [0.2, 0.25) is 0 Å². The summed E-state index contributed by atoms with van der Waals surface area (Å²) in [4.78, 5) is 2.64. The highest BCUT2D eigenvalue weighted by Crippen LogP contribution is 2.34. The number of thiophene rings is 1. The van der Waals surface area contributed by atoms with Crippen LogP contribution in [0.25, 0.3) is 0 Å². The van der Waals surface area contributed by atoms with Crippen LogP contribution >= 0.6 is 22.9 Å². The van der Waals surface area contributed by atoms with E-state index in [1.54, 1.807) is 0 Å². The lowest BCUT2D eigenvalue weighted by Crippen LogP contribution is -1.92. The second-order valence-corrected chi connectivity index (χ2v) is 6.08. The maximum Gasteiger partial charge on any atom is 0.0928 e. The van der Waals surface area contributed by atoms with E-state index in [0.717, 1.165) is 6.42 Å². The van der Waals surface area contributed by atoms with Crippen LogP contribution < -0.4 is 0 Å². The zero-order valence-electron chi connectivity index (χ0n) is 10.5. The van der Waals surface area contributed by atoms with Gasteiger partial charge in [-0.3, -0.25) is 0 Å². The minimum absolute atomic E-state index is 0.0149. The Balaban J connectivity index is 2.32. The maximum atomic E-state index is 6.56. The van der Waals surface area contributed by atoms with E-state index >= 15 is 0 Å². The standard InChI is InChI=1S/C15H17ClS/c1-4-13-5-6-14(17-13)15(16)12-8-10(2)7-11(3)9-12/h5-9,15H,4H2,1-3H3. The van der Waals surface area contributed by atoms with Crippen LogP contribution in [0.15, 0.2) is 30.3 Å². The summed E-state index contributed by atoms with van der Waals surface area (Å²) in [6.07, 6.45) is 1.08. The molecule has 1 aromatic carbocycles. The summed E-state index contributed by atoms with van der Waals surface area (Å²) < 4.78 is 0. The largest absolute Gasteiger partial charge is 0.143 e. The van der Waals surface area contributed by atoms with Crippen LogP contribution in [-0.2, 0) is 6.42 Å².